The summed E-state index contributed by atoms with van der Waals surface area (Å²) in [6.07, 6.45) is 4.30. The first-order chi connectivity index (χ1) is 5.20. The van der Waals surface area contributed by atoms with E-state index in [1.54, 1.807) is 19.1 Å². The Hall–Kier alpha value is -0.380. The van der Waals surface area contributed by atoms with Crippen LogP contribution in [0.1, 0.15) is 26.7 Å². The minimum absolute atomic E-state index is 0.242. The van der Waals surface area contributed by atoms with Crippen molar-refractivity contribution < 1.29 is 15.3 Å². The van der Waals surface area contributed by atoms with Crippen molar-refractivity contribution in [2.45, 2.75) is 38.9 Å². The molecule has 0 heterocycles. The highest BCUT2D eigenvalue weighted by atomic mass is 17.1. The molecular weight excluding hydrogens is 144 g/mol. The minimum atomic E-state index is -0.331. The van der Waals surface area contributed by atoms with Crippen LogP contribution in [0.4, 0.5) is 0 Å². The Morgan fingerprint density at radius 3 is 2.55 bits per heavy atom. The third-order valence-electron chi connectivity index (χ3n) is 1.37. The summed E-state index contributed by atoms with van der Waals surface area (Å²) in [6, 6.07) is 0. The lowest BCUT2D eigenvalue weighted by molar-refractivity contribution is -0.266. The van der Waals surface area contributed by atoms with Crippen molar-refractivity contribution in [3.05, 3.63) is 12.2 Å². The molecule has 2 unspecified atom stereocenters. The molecule has 0 bridgehead atoms. The number of hydrogen-bond donors (Lipinski definition) is 2. The van der Waals surface area contributed by atoms with E-state index < -0.39 is 0 Å². The fourth-order valence-electron chi connectivity index (χ4n) is 0.673. The van der Waals surface area contributed by atoms with Gasteiger partial charge in [-0.3, -0.25) is 5.26 Å². The molecule has 0 fully saturated rings. The van der Waals surface area contributed by atoms with Gasteiger partial charge in [0.15, 0.2) is 0 Å². The maximum Gasteiger partial charge on any atom is 0.111 e. The summed E-state index contributed by atoms with van der Waals surface area (Å²) in [6.45, 7) is 3.62. The number of rotatable bonds is 5. The number of hydrogen-bond acceptors (Lipinski definition) is 3. The maximum absolute atomic E-state index is 8.86. The van der Waals surface area contributed by atoms with Crippen molar-refractivity contribution in [2.24, 2.45) is 0 Å². The van der Waals surface area contributed by atoms with Gasteiger partial charge in [-0.15, -0.1) is 0 Å². The average Bonchev–Trinajstić information content (AvgIpc) is 1.98. The van der Waals surface area contributed by atoms with Gasteiger partial charge in [-0.25, -0.2) is 4.89 Å². The largest absolute Gasteiger partial charge is 0.393 e. The van der Waals surface area contributed by atoms with Gasteiger partial charge in [0.1, 0.15) is 6.10 Å². The molecule has 0 aliphatic carbocycles. The molecule has 66 valence electrons. The van der Waals surface area contributed by atoms with E-state index in [-0.39, 0.29) is 12.2 Å². The van der Waals surface area contributed by atoms with Crippen LogP contribution in [0.3, 0.4) is 0 Å². The van der Waals surface area contributed by atoms with E-state index in [1.165, 1.54) is 0 Å². The van der Waals surface area contributed by atoms with E-state index >= 15 is 0 Å². The fraction of sp³-hybridized carbons (Fsp3) is 0.750. The van der Waals surface area contributed by atoms with Gasteiger partial charge in [0, 0.05) is 0 Å². The highest BCUT2D eigenvalue weighted by Crippen LogP contribution is 1.99. The first kappa shape index (κ1) is 10.6. The lowest BCUT2D eigenvalue weighted by atomic mass is 10.2. The van der Waals surface area contributed by atoms with Crippen LogP contribution in [0.5, 0.6) is 0 Å². The predicted octanol–water partition coefficient (Wildman–Crippen LogP) is 1.58. The van der Waals surface area contributed by atoms with Crippen molar-refractivity contribution in [2.75, 3.05) is 0 Å². The Balaban J connectivity index is 3.53. The second-order valence-corrected chi connectivity index (χ2v) is 2.56. The van der Waals surface area contributed by atoms with Crippen LogP contribution in [-0.2, 0) is 4.89 Å². The summed E-state index contributed by atoms with van der Waals surface area (Å²) in [5, 5.41) is 17.1. The van der Waals surface area contributed by atoms with E-state index in [0.717, 1.165) is 6.42 Å². The van der Waals surface area contributed by atoms with Crippen molar-refractivity contribution in [1.29, 1.82) is 0 Å². The molecule has 11 heavy (non-hydrogen) atoms. The highest BCUT2D eigenvalue weighted by Gasteiger charge is 1.98. The molecule has 2 N–H and O–H groups in total. The molecule has 3 heteroatoms. The Kier molecular flexibility index (Phi) is 6.12. The molecule has 0 amide bonds. The van der Waals surface area contributed by atoms with Crippen LogP contribution in [0.25, 0.3) is 0 Å². The van der Waals surface area contributed by atoms with E-state index in [4.69, 9.17) is 10.4 Å². The number of aliphatic hydroxyl groups is 1. The van der Waals surface area contributed by atoms with Gasteiger partial charge in [-0.1, -0.05) is 19.1 Å². The third kappa shape index (κ3) is 6.04. The van der Waals surface area contributed by atoms with Crippen LogP contribution >= 0.6 is 0 Å². The molecule has 0 radical (unpaired) electrons. The lowest BCUT2D eigenvalue weighted by Crippen LogP contribution is -2.05. The zero-order chi connectivity index (χ0) is 8.69. The zero-order valence-electron chi connectivity index (χ0n) is 7.03. The summed E-state index contributed by atoms with van der Waals surface area (Å²) >= 11 is 0. The van der Waals surface area contributed by atoms with Gasteiger partial charge in [0.25, 0.3) is 0 Å². The van der Waals surface area contributed by atoms with Crippen molar-refractivity contribution in [3.8, 4) is 0 Å². The normalized spacial score (nSPS) is 17.1. The van der Waals surface area contributed by atoms with Gasteiger partial charge in [0.05, 0.1) is 6.10 Å². The van der Waals surface area contributed by atoms with Crippen LogP contribution in [0.15, 0.2) is 12.2 Å². The number of aliphatic hydroxyl groups excluding tert-OH is 1. The second kappa shape index (κ2) is 6.34. The minimum Gasteiger partial charge on any atom is -0.393 e. The molecular formula is C8H16O3. The molecule has 0 aromatic rings. The predicted molar refractivity (Wildman–Crippen MR) is 43.2 cm³/mol. The van der Waals surface area contributed by atoms with Gasteiger partial charge in [0.2, 0.25) is 0 Å². The van der Waals surface area contributed by atoms with Crippen molar-refractivity contribution >= 4 is 0 Å². The Morgan fingerprint density at radius 2 is 2.18 bits per heavy atom. The molecule has 2 atom stereocenters. The van der Waals surface area contributed by atoms with Crippen LogP contribution in [0, 0.1) is 0 Å². The zero-order valence-corrected chi connectivity index (χ0v) is 7.03. The Bertz CT molecular complexity index is 106. The molecule has 0 aromatic heterocycles. The van der Waals surface area contributed by atoms with Crippen LogP contribution in [-0.4, -0.2) is 22.6 Å². The molecule has 0 rings (SSSR count). The first-order valence-corrected chi connectivity index (χ1v) is 3.85. The van der Waals surface area contributed by atoms with E-state index in [1.807, 2.05) is 6.92 Å². The molecule has 0 spiro atoms. The van der Waals surface area contributed by atoms with Gasteiger partial charge in [-0.2, -0.15) is 0 Å². The second-order valence-electron chi connectivity index (χ2n) is 2.56. The Morgan fingerprint density at radius 1 is 1.55 bits per heavy atom. The lowest BCUT2D eigenvalue weighted by Gasteiger charge is -2.04. The fourth-order valence-corrected chi connectivity index (χ4v) is 0.673. The molecule has 3 nitrogen and oxygen atoms in total. The highest BCUT2D eigenvalue weighted by molar-refractivity contribution is 4.89. The molecule has 0 aromatic carbocycles. The van der Waals surface area contributed by atoms with Crippen molar-refractivity contribution in [3.63, 3.8) is 0 Å². The summed E-state index contributed by atoms with van der Waals surface area (Å²) in [5.41, 5.74) is 0. The van der Waals surface area contributed by atoms with Gasteiger partial charge < -0.3 is 5.11 Å². The summed E-state index contributed by atoms with van der Waals surface area (Å²) in [5.74, 6) is 0. The topological polar surface area (TPSA) is 49.7 Å². The molecule has 0 saturated heterocycles. The standard InChI is InChI=1S/C8H16O3/c1-3-8(11-10)6-4-5-7(2)9/h4,6-10H,3,5H2,1-2H3. The summed E-state index contributed by atoms with van der Waals surface area (Å²) in [4.78, 5) is 4.11. The van der Waals surface area contributed by atoms with Crippen molar-refractivity contribution in [1.82, 2.24) is 0 Å². The molecule has 0 saturated carbocycles. The summed E-state index contributed by atoms with van der Waals surface area (Å²) < 4.78 is 0. The summed E-state index contributed by atoms with van der Waals surface area (Å²) in [7, 11) is 0. The maximum atomic E-state index is 8.86. The van der Waals surface area contributed by atoms with E-state index in [0.29, 0.717) is 6.42 Å². The average molecular weight is 160 g/mol. The van der Waals surface area contributed by atoms with Gasteiger partial charge >= 0.3 is 0 Å². The van der Waals surface area contributed by atoms with Crippen LogP contribution in [0.2, 0.25) is 0 Å². The van der Waals surface area contributed by atoms with Gasteiger partial charge in [-0.05, 0) is 19.8 Å². The Labute approximate surface area is 67.2 Å². The smallest absolute Gasteiger partial charge is 0.111 e. The third-order valence-corrected chi connectivity index (χ3v) is 1.37. The molecule has 0 aliphatic heterocycles. The molecule has 0 aliphatic rings. The quantitative estimate of drug-likeness (QED) is 0.364. The SMILES string of the molecule is CCC(C=CCC(C)O)OO. The first-order valence-electron chi connectivity index (χ1n) is 3.85. The van der Waals surface area contributed by atoms with Crippen LogP contribution < -0.4 is 0 Å². The monoisotopic (exact) mass is 160 g/mol. The van der Waals surface area contributed by atoms with E-state index in [9.17, 15) is 0 Å². The van der Waals surface area contributed by atoms with E-state index in [2.05, 4.69) is 4.89 Å².